The van der Waals surface area contributed by atoms with E-state index in [4.69, 9.17) is 4.99 Å². The van der Waals surface area contributed by atoms with Crippen LogP contribution >= 0.6 is 11.8 Å². The quantitative estimate of drug-likeness (QED) is 0.254. The van der Waals surface area contributed by atoms with E-state index in [0.29, 0.717) is 0 Å². The van der Waals surface area contributed by atoms with Gasteiger partial charge in [-0.1, -0.05) is 55.0 Å². The second kappa shape index (κ2) is 8.59. The van der Waals surface area contributed by atoms with Crippen LogP contribution in [0.3, 0.4) is 0 Å². The van der Waals surface area contributed by atoms with Crippen molar-refractivity contribution >= 4 is 30.6 Å². The van der Waals surface area contributed by atoms with Crippen LogP contribution in [-0.4, -0.2) is 18.9 Å². The predicted octanol–water partition coefficient (Wildman–Crippen LogP) is 6.45. The molecule has 0 bridgehead atoms. The molecule has 0 heterocycles. The SMILES string of the molecule is CC=C(C)CSC(CC[Si](C)(C)C)=Nc1ccc(C)cc1. The minimum absolute atomic E-state index is 1.02. The molecule has 3 heteroatoms. The van der Waals surface area contributed by atoms with Crippen molar-refractivity contribution in [2.24, 2.45) is 4.99 Å². The van der Waals surface area contributed by atoms with Gasteiger partial charge in [-0.05, 0) is 39.3 Å². The molecule has 0 saturated carbocycles. The van der Waals surface area contributed by atoms with Gasteiger partial charge in [-0.2, -0.15) is 0 Å². The minimum atomic E-state index is -1.02. The Kier molecular flexibility index (Phi) is 7.47. The fraction of sp³-hybridized carbons (Fsp3) is 0.500. The first-order valence-electron chi connectivity index (χ1n) is 7.69. The Morgan fingerprint density at radius 2 is 1.81 bits per heavy atom. The Bertz CT molecular complexity index is 495. The summed E-state index contributed by atoms with van der Waals surface area (Å²) in [5, 5.41) is 1.28. The zero-order valence-electron chi connectivity index (χ0n) is 14.4. The largest absolute Gasteiger partial charge is 0.247 e. The number of aliphatic imine (C=N–C) groups is 1. The topological polar surface area (TPSA) is 12.4 Å². The van der Waals surface area contributed by atoms with E-state index in [9.17, 15) is 0 Å². The van der Waals surface area contributed by atoms with E-state index in [0.717, 1.165) is 17.9 Å². The van der Waals surface area contributed by atoms with Crippen LogP contribution in [0.15, 0.2) is 40.9 Å². The average molecular weight is 320 g/mol. The maximum atomic E-state index is 4.88. The van der Waals surface area contributed by atoms with Crippen LogP contribution in [0.1, 0.15) is 25.8 Å². The third kappa shape index (κ3) is 8.27. The molecule has 0 aliphatic rings. The van der Waals surface area contributed by atoms with Crippen molar-refractivity contribution in [2.45, 2.75) is 52.9 Å². The summed E-state index contributed by atoms with van der Waals surface area (Å²) in [6, 6.07) is 9.81. The molecule has 1 aromatic rings. The number of hydrogen-bond acceptors (Lipinski definition) is 2. The number of nitrogens with zero attached hydrogens (tertiary/aromatic N) is 1. The van der Waals surface area contributed by atoms with Crippen LogP contribution in [-0.2, 0) is 0 Å². The van der Waals surface area contributed by atoms with Crippen molar-refractivity contribution in [1.29, 1.82) is 0 Å². The highest BCUT2D eigenvalue weighted by Crippen LogP contribution is 2.23. The van der Waals surface area contributed by atoms with Crippen molar-refractivity contribution < 1.29 is 0 Å². The van der Waals surface area contributed by atoms with E-state index in [1.54, 1.807) is 0 Å². The van der Waals surface area contributed by atoms with Crippen molar-refractivity contribution in [1.82, 2.24) is 0 Å². The molecule has 0 aromatic heterocycles. The first-order chi connectivity index (χ1) is 9.80. The lowest BCUT2D eigenvalue weighted by Gasteiger charge is -2.16. The summed E-state index contributed by atoms with van der Waals surface area (Å²) >= 11 is 1.90. The highest BCUT2D eigenvalue weighted by molar-refractivity contribution is 8.14. The van der Waals surface area contributed by atoms with Crippen molar-refractivity contribution in [3.8, 4) is 0 Å². The van der Waals surface area contributed by atoms with Crippen LogP contribution in [0.25, 0.3) is 0 Å². The van der Waals surface area contributed by atoms with Gasteiger partial charge in [0.2, 0.25) is 0 Å². The Morgan fingerprint density at radius 1 is 1.19 bits per heavy atom. The van der Waals surface area contributed by atoms with Crippen LogP contribution in [0, 0.1) is 6.92 Å². The fourth-order valence-electron chi connectivity index (χ4n) is 1.69. The molecule has 116 valence electrons. The molecule has 0 saturated heterocycles. The van der Waals surface area contributed by atoms with E-state index < -0.39 is 8.07 Å². The summed E-state index contributed by atoms with van der Waals surface area (Å²) < 4.78 is 0. The van der Waals surface area contributed by atoms with E-state index in [1.165, 1.54) is 22.2 Å². The molecule has 0 fully saturated rings. The highest BCUT2D eigenvalue weighted by Gasteiger charge is 2.14. The molecular weight excluding hydrogens is 290 g/mol. The van der Waals surface area contributed by atoms with Gasteiger partial charge in [0, 0.05) is 13.8 Å². The lowest BCUT2D eigenvalue weighted by molar-refractivity contribution is 1.22. The molecule has 0 aliphatic carbocycles. The molecule has 21 heavy (non-hydrogen) atoms. The monoisotopic (exact) mass is 319 g/mol. The Labute approximate surface area is 136 Å². The summed E-state index contributed by atoms with van der Waals surface area (Å²) in [7, 11) is -1.02. The molecule has 1 aromatic carbocycles. The summed E-state index contributed by atoms with van der Waals surface area (Å²) in [4.78, 5) is 4.88. The van der Waals surface area contributed by atoms with E-state index in [2.05, 4.69) is 70.8 Å². The minimum Gasteiger partial charge on any atom is -0.247 e. The van der Waals surface area contributed by atoms with Gasteiger partial charge in [-0.3, -0.25) is 0 Å². The number of rotatable bonds is 6. The Morgan fingerprint density at radius 3 is 2.33 bits per heavy atom. The van der Waals surface area contributed by atoms with Gasteiger partial charge >= 0.3 is 0 Å². The fourth-order valence-corrected chi connectivity index (χ4v) is 3.83. The molecular formula is C18H29NSSi. The van der Waals surface area contributed by atoms with Gasteiger partial charge in [-0.15, -0.1) is 11.8 Å². The molecule has 0 unspecified atom stereocenters. The maximum Gasteiger partial charge on any atom is 0.0738 e. The van der Waals surface area contributed by atoms with Crippen LogP contribution in [0.4, 0.5) is 5.69 Å². The predicted molar refractivity (Wildman–Crippen MR) is 103 cm³/mol. The summed E-state index contributed by atoms with van der Waals surface area (Å²) in [5.41, 5.74) is 3.79. The second-order valence-electron chi connectivity index (χ2n) is 6.83. The molecule has 0 radical (unpaired) electrons. The van der Waals surface area contributed by atoms with Crippen LogP contribution in [0.5, 0.6) is 0 Å². The normalized spacial score (nSPS) is 13.6. The second-order valence-corrected chi connectivity index (χ2v) is 13.5. The third-order valence-electron chi connectivity index (χ3n) is 3.34. The lowest BCUT2D eigenvalue weighted by Crippen LogP contribution is -2.20. The number of benzene rings is 1. The zero-order chi connectivity index (χ0) is 15.9. The average Bonchev–Trinajstić information content (AvgIpc) is 2.42. The van der Waals surface area contributed by atoms with Gasteiger partial charge in [0.05, 0.1) is 10.7 Å². The van der Waals surface area contributed by atoms with E-state index in [1.807, 2.05) is 11.8 Å². The first kappa shape index (κ1) is 18.2. The molecule has 0 aliphatic heterocycles. The Balaban J connectivity index is 2.81. The first-order valence-corrected chi connectivity index (χ1v) is 12.4. The van der Waals surface area contributed by atoms with Crippen molar-refractivity contribution in [2.75, 3.05) is 5.75 Å². The molecule has 0 amide bonds. The Hall–Kier alpha value is -0.803. The summed E-state index contributed by atoms with van der Waals surface area (Å²) in [6.45, 7) is 13.7. The van der Waals surface area contributed by atoms with E-state index >= 15 is 0 Å². The number of thioether (sulfide) groups is 1. The van der Waals surface area contributed by atoms with Gasteiger partial charge in [0.1, 0.15) is 0 Å². The molecule has 1 nitrogen and oxygen atoms in total. The van der Waals surface area contributed by atoms with Crippen LogP contribution in [0.2, 0.25) is 25.7 Å². The summed E-state index contributed by atoms with van der Waals surface area (Å²) in [5.74, 6) is 1.05. The van der Waals surface area contributed by atoms with Gasteiger partial charge in [0.25, 0.3) is 0 Å². The third-order valence-corrected chi connectivity index (χ3v) is 6.31. The lowest BCUT2D eigenvalue weighted by atomic mass is 10.2. The molecule has 0 spiro atoms. The number of hydrogen-bond donors (Lipinski definition) is 0. The molecule has 1 rings (SSSR count). The summed E-state index contributed by atoms with van der Waals surface area (Å²) in [6.07, 6.45) is 3.31. The standard InChI is InChI=1S/C18H29NSSi/c1-7-15(2)14-20-18(12-13-21(4,5)6)19-17-10-8-16(3)9-11-17/h7-11H,12-14H2,1-6H3. The smallest absolute Gasteiger partial charge is 0.0738 e. The van der Waals surface area contributed by atoms with Gasteiger partial charge in [0.15, 0.2) is 0 Å². The maximum absolute atomic E-state index is 4.88. The highest BCUT2D eigenvalue weighted by atomic mass is 32.2. The van der Waals surface area contributed by atoms with Crippen molar-refractivity contribution in [3.05, 3.63) is 41.5 Å². The van der Waals surface area contributed by atoms with Crippen molar-refractivity contribution in [3.63, 3.8) is 0 Å². The molecule has 0 atom stereocenters. The number of allylic oxidation sites excluding steroid dienone is 1. The zero-order valence-corrected chi connectivity index (χ0v) is 16.2. The van der Waals surface area contributed by atoms with Gasteiger partial charge in [-0.25, -0.2) is 4.99 Å². The van der Waals surface area contributed by atoms with Crippen LogP contribution < -0.4 is 0 Å². The molecule has 0 N–H and O–H groups in total. The number of aryl methyl sites for hydroxylation is 1. The van der Waals surface area contributed by atoms with Gasteiger partial charge < -0.3 is 0 Å². The van der Waals surface area contributed by atoms with E-state index in [-0.39, 0.29) is 0 Å².